The molecule has 0 N–H and O–H groups in total. The second-order valence-corrected chi connectivity index (χ2v) is 5.62. The van der Waals surface area contributed by atoms with Gasteiger partial charge in [0.1, 0.15) is 22.7 Å². The van der Waals surface area contributed by atoms with E-state index in [0.29, 0.717) is 0 Å². The predicted molar refractivity (Wildman–Crippen MR) is 86.2 cm³/mol. The molecule has 146 valence electrons. The molecule has 0 bridgehead atoms. The third kappa shape index (κ3) is 3.82. The van der Waals surface area contributed by atoms with Gasteiger partial charge in [-0.3, -0.25) is 14.4 Å². The lowest BCUT2D eigenvalue weighted by Gasteiger charge is -2.12. The van der Waals surface area contributed by atoms with Gasteiger partial charge in [0.2, 0.25) is 6.79 Å². The minimum atomic E-state index is -1.34. The molecule has 0 saturated carbocycles. The molecule has 2 aromatic rings. The Kier molecular flexibility index (Phi) is 5.07. The minimum absolute atomic E-state index is 0.0852. The second-order valence-electron chi connectivity index (χ2n) is 5.62. The van der Waals surface area contributed by atoms with E-state index in [4.69, 9.17) is 9.15 Å². The number of rotatable bonds is 5. The minimum Gasteiger partial charge on any atom is -0.457 e. The maximum atomic E-state index is 14.3. The van der Waals surface area contributed by atoms with Crippen LogP contribution < -0.4 is 10.4 Å². The van der Waals surface area contributed by atoms with Crippen LogP contribution in [0, 0.1) is 5.82 Å². The first-order valence-electron chi connectivity index (χ1n) is 7.88. The first-order chi connectivity index (χ1) is 13.3. The molecule has 11 heteroatoms. The van der Waals surface area contributed by atoms with Gasteiger partial charge < -0.3 is 18.7 Å². The van der Waals surface area contributed by atoms with Gasteiger partial charge in [0.15, 0.2) is 0 Å². The number of benzene rings is 1. The predicted octanol–water partition coefficient (Wildman–Crippen LogP) is 1.05. The van der Waals surface area contributed by atoms with Crippen molar-refractivity contribution < 1.29 is 42.3 Å². The Labute approximate surface area is 155 Å². The average molecular weight is 393 g/mol. The zero-order chi connectivity index (χ0) is 20.4. The maximum Gasteiger partial charge on any atom is 0.371 e. The Morgan fingerprint density at radius 2 is 1.82 bits per heavy atom. The lowest BCUT2D eigenvalue weighted by molar-refractivity contribution is -0.172. The van der Waals surface area contributed by atoms with Crippen LogP contribution in [0.15, 0.2) is 27.4 Å². The zero-order valence-corrected chi connectivity index (χ0v) is 14.4. The summed E-state index contributed by atoms with van der Waals surface area (Å²) in [5.41, 5.74) is -2.12. The fourth-order valence-electron chi connectivity index (χ4n) is 2.35. The highest BCUT2D eigenvalue weighted by molar-refractivity contribution is 6.03. The topological polar surface area (TPSA) is 129 Å². The molecule has 1 aliphatic rings. The molecule has 2 heterocycles. The summed E-state index contributed by atoms with van der Waals surface area (Å²) < 4.78 is 28.8. The number of hydrogen-bond donors (Lipinski definition) is 0. The van der Waals surface area contributed by atoms with E-state index >= 15 is 0 Å². The van der Waals surface area contributed by atoms with Gasteiger partial charge in [0.25, 0.3) is 11.8 Å². The third-order valence-corrected chi connectivity index (χ3v) is 3.66. The Hall–Kier alpha value is -3.76. The van der Waals surface area contributed by atoms with Gasteiger partial charge >= 0.3 is 17.6 Å². The van der Waals surface area contributed by atoms with Gasteiger partial charge in [-0.05, 0) is 6.07 Å². The molecule has 1 saturated heterocycles. The molecule has 1 aromatic carbocycles. The Bertz CT molecular complexity index is 1040. The lowest BCUT2D eigenvalue weighted by Crippen LogP contribution is -2.33. The van der Waals surface area contributed by atoms with E-state index in [0.717, 1.165) is 25.1 Å². The fraction of sp³-hybridized carbons (Fsp3) is 0.235. The molecule has 28 heavy (non-hydrogen) atoms. The smallest absolute Gasteiger partial charge is 0.371 e. The van der Waals surface area contributed by atoms with Crippen LogP contribution in [0.2, 0.25) is 0 Å². The van der Waals surface area contributed by atoms with Crippen molar-refractivity contribution in [1.82, 2.24) is 5.06 Å². The molecule has 1 fully saturated rings. The van der Waals surface area contributed by atoms with E-state index in [1.807, 2.05) is 0 Å². The quantitative estimate of drug-likeness (QED) is 0.317. The number of halogens is 1. The van der Waals surface area contributed by atoms with Crippen molar-refractivity contribution in [2.45, 2.75) is 19.8 Å². The molecule has 1 aromatic heterocycles. The van der Waals surface area contributed by atoms with Crippen molar-refractivity contribution in [3.8, 4) is 5.75 Å². The molecule has 2 amide bonds. The molecule has 1 aliphatic heterocycles. The van der Waals surface area contributed by atoms with Crippen molar-refractivity contribution in [2.75, 3.05) is 6.79 Å². The Morgan fingerprint density at radius 3 is 2.46 bits per heavy atom. The highest BCUT2D eigenvalue weighted by atomic mass is 19.1. The molecule has 0 radical (unpaired) electrons. The number of hydrogen-bond acceptors (Lipinski definition) is 9. The van der Waals surface area contributed by atoms with Crippen molar-refractivity contribution in [3.63, 3.8) is 0 Å². The number of hydroxylamine groups is 2. The lowest BCUT2D eigenvalue weighted by atomic mass is 10.1. The van der Waals surface area contributed by atoms with E-state index in [1.165, 1.54) is 0 Å². The molecule has 0 unspecified atom stereocenters. The van der Waals surface area contributed by atoms with Gasteiger partial charge in [-0.1, -0.05) is 0 Å². The van der Waals surface area contributed by atoms with Crippen molar-refractivity contribution in [3.05, 3.63) is 40.0 Å². The van der Waals surface area contributed by atoms with Gasteiger partial charge in [0, 0.05) is 31.9 Å². The number of ether oxygens (including phenoxy) is 2. The summed E-state index contributed by atoms with van der Waals surface area (Å²) >= 11 is 0. The molecule has 0 atom stereocenters. The largest absolute Gasteiger partial charge is 0.457 e. The summed E-state index contributed by atoms with van der Waals surface area (Å²) in [4.78, 5) is 62.5. The fourth-order valence-corrected chi connectivity index (χ4v) is 2.35. The number of imide groups is 1. The second kappa shape index (κ2) is 7.47. The molecule has 3 rings (SSSR count). The normalized spacial score (nSPS) is 13.7. The SMILES string of the molecule is CC(=O)OCOc1cc(F)c2cc(C(=O)ON3C(=O)CCC3=O)c(=O)oc2c1. The summed E-state index contributed by atoms with van der Waals surface area (Å²) in [6.07, 6.45) is -0.244. The van der Waals surface area contributed by atoms with Crippen LogP contribution in [0.4, 0.5) is 4.39 Å². The number of esters is 1. The van der Waals surface area contributed by atoms with Crippen LogP contribution in [0.1, 0.15) is 30.1 Å². The van der Waals surface area contributed by atoms with Gasteiger partial charge in [-0.2, -0.15) is 0 Å². The van der Waals surface area contributed by atoms with Crippen LogP contribution in [0.25, 0.3) is 11.0 Å². The standard InChI is InChI=1S/C17H12FNO9/c1-8(20)25-7-26-9-4-12(18)10-6-11(16(23)27-13(10)5-9)17(24)28-19-14(21)2-3-15(19)22/h4-6H,2-3,7H2,1H3. The summed E-state index contributed by atoms with van der Waals surface area (Å²) in [7, 11) is 0. The number of amides is 2. The summed E-state index contributed by atoms with van der Waals surface area (Å²) in [6.45, 7) is 0.681. The van der Waals surface area contributed by atoms with E-state index in [-0.39, 0.29) is 34.6 Å². The average Bonchev–Trinajstić information content (AvgIpc) is 2.92. The van der Waals surface area contributed by atoms with E-state index < -0.39 is 47.6 Å². The molecule has 10 nitrogen and oxygen atoms in total. The van der Waals surface area contributed by atoms with Crippen LogP contribution in [0.3, 0.4) is 0 Å². The number of fused-ring (bicyclic) bond motifs is 1. The number of carbonyl (C=O) groups is 4. The first-order valence-corrected chi connectivity index (χ1v) is 7.88. The summed E-state index contributed by atoms with van der Waals surface area (Å²) in [5.74, 6) is -4.40. The molecular weight excluding hydrogens is 381 g/mol. The summed E-state index contributed by atoms with van der Waals surface area (Å²) in [5, 5.41) is 0.0133. The van der Waals surface area contributed by atoms with Gasteiger partial charge in [0.05, 0.1) is 5.39 Å². The molecular formula is C17H12FNO9. The van der Waals surface area contributed by atoms with Crippen LogP contribution in [-0.4, -0.2) is 35.6 Å². The van der Waals surface area contributed by atoms with Gasteiger partial charge in [-0.25, -0.2) is 14.0 Å². The van der Waals surface area contributed by atoms with E-state index in [1.54, 1.807) is 0 Å². The highest BCUT2D eigenvalue weighted by Gasteiger charge is 2.34. The van der Waals surface area contributed by atoms with Crippen LogP contribution in [0.5, 0.6) is 5.75 Å². The Balaban J connectivity index is 1.88. The van der Waals surface area contributed by atoms with Crippen LogP contribution >= 0.6 is 0 Å². The summed E-state index contributed by atoms with van der Waals surface area (Å²) in [6, 6.07) is 2.96. The first kappa shape index (κ1) is 19.0. The molecule has 0 spiro atoms. The zero-order valence-electron chi connectivity index (χ0n) is 14.4. The Morgan fingerprint density at radius 1 is 1.14 bits per heavy atom. The number of nitrogens with zero attached hydrogens (tertiary/aromatic N) is 1. The van der Waals surface area contributed by atoms with Crippen molar-refractivity contribution in [2.24, 2.45) is 0 Å². The van der Waals surface area contributed by atoms with Crippen molar-refractivity contribution in [1.29, 1.82) is 0 Å². The van der Waals surface area contributed by atoms with E-state index in [2.05, 4.69) is 9.57 Å². The van der Waals surface area contributed by atoms with E-state index in [9.17, 15) is 28.4 Å². The van der Waals surface area contributed by atoms with Crippen LogP contribution in [-0.2, 0) is 24.0 Å². The highest BCUT2D eigenvalue weighted by Crippen LogP contribution is 2.25. The third-order valence-electron chi connectivity index (χ3n) is 3.66. The number of carbonyl (C=O) groups excluding carboxylic acids is 4. The molecule has 0 aliphatic carbocycles. The van der Waals surface area contributed by atoms with Crippen molar-refractivity contribution >= 4 is 34.7 Å². The maximum absolute atomic E-state index is 14.3. The van der Waals surface area contributed by atoms with Gasteiger partial charge in [-0.15, -0.1) is 5.06 Å². The monoisotopic (exact) mass is 393 g/mol.